The molecule has 0 fully saturated rings. The summed E-state index contributed by atoms with van der Waals surface area (Å²) in [6.07, 6.45) is 0. The van der Waals surface area contributed by atoms with Gasteiger partial charge in [0.25, 0.3) is 5.56 Å². The number of hydrogen-bond donors (Lipinski definition) is 0. The zero-order valence-electron chi connectivity index (χ0n) is 19.4. The third-order valence-corrected chi connectivity index (χ3v) is 6.91. The number of aromatic nitrogens is 2. The van der Waals surface area contributed by atoms with Gasteiger partial charge in [0, 0.05) is 22.4 Å². The summed E-state index contributed by atoms with van der Waals surface area (Å²) in [5.41, 5.74) is 6.91. The molecule has 0 spiro atoms. The van der Waals surface area contributed by atoms with Crippen LogP contribution in [-0.4, -0.2) is 15.3 Å². The number of thiophene rings is 1. The van der Waals surface area contributed by atoms with E-state index >= 15 is 0 Å². The lowest BCUT2D eigenvalue weighted by molar-refractivity contribution is 0.0969. The quantitative estimate of drug-likeness (QED) is 0.336. The highest BCUT2D eigenvalue weighted by Gasteiger charge is 2.21. The van der Waals surface area contributed by atoms with Crippen LogP contribution in [0.1, 0.15) is 58.2 Å². The van der Waals surface area contributed by atoms with Crippen molar-refractivity contribution in [3.05, 3.63) is 85.8 Å². The minimum atomic E-state index is -0.146. The maximum atomic E-state index is 13.8. The summed E-state index contributed by atoms with van der Waals surface area (Å²) in [5, 5.41) is 2.61. The van der Waals surface area contributed by atoms with Crippen LogP contribution in [0.5, 0.6) is 0 Å². The molecule has 2 heterocycles. The molecule has 0 aliphatic rings. The van der Waals surface area contributed by atoms with Crippen LogP contribution in [0.2, 0.25) is 0 Å². The lowest BCUT2D eigenvalue weighted by atomic mass is 9.99. The first-order valence-corrected chi connectivity index (χ1v) is 11.8. The molecule has 32 heavy (non-hydrogen) atoms. The van der Waals surface area contributed by atoms with E-state index in [1.54, 1.807) is 4.57 Å². The predicted molar refractivity (Wildman–Crippen MR) is 133 cm³/mol. The minimum absolute atomic E-state index is 0.0139. The number of carbonyl (C=O) groups excluding carboxylic acids is 1. The average Bonchev–Trinajstić information content (AvgIpc) is 3.15. The molecule has 0 amide bonds. The number of Topliss-reactive ketones (excluding diaryl/α,β-unsaturated/α-hetero) is 1. The number of benzene rings is 2. The van der Waals surface area contributed by atoms with Crippen LogP contribution in [0.15, 0.2) is 46.6 Å². The Bertz CT molecular complexity index is 1410. The number of carbonyl (C=O) groups is 1. The molecule has 0 N–H and O–H groups in total. The predicted octanol–water partition coefficient (Wildman–Crippen LogP) is 6.36. The van der Waals surface area contributed by atoms with Gasteiger partial charge in [0.1, 0.15) is 10.7 Å². The van der Waals surface area contributed by atoms with Gasteiger partial charge >= 0.3 is 0 Å². The van der Waals surface area contributed by atoms with Crippen molar-refractivity contribution in [2.45, 2.75) is 54.0 Å². The van der Waals surface area contributed by atoms with Crippen LogP contribution in [0.3, 0.4) is 0 Å². The van der Waals surface area contributed by atoms with Gasteiger partial charge in [-0.25, -0.2) is 4.98 Å². The number of aryl methyl sites for hydroxylation is 4. The fourth-order valence-electron chi connectivity index (χ4n) is 4.10. The van der Waals surface area contributed by atoms with Gasteiger partial charge in [0.15, 0.2) is 5.78 Å². The van der Waals surface area contributed by atoms with Crippen molar-refractivity contribution in [1.82, 2.24) is 9.55 Å². The van der Waals surface area contributed by atoms with Crippen molar-refractivity contribution >= 4 is 27.3 Å². The molecule has 4 rings (SSSR count). The summed E-state index contributed by atoms with van der Waals surface area (Å²) in [5.74, 6) is 0.585. The molecular weight excluding hydrogens is 416 g/mol. The SMILES string of the molecule is Cc1ccc(-c2csc3nc(C(C)C)n(CC(=O)c4ccc(C)c(C)c4)c(=O)c23)c(C)c1. The molecule has 0 bridgehead atoms. The largest absolute Gasteiger partial charge is 0.292 e. The zero-order chi connectivity index (χ0) is 23.2. The maximum Gasteiger partial charge on any atom is 0.263 e. The highest BCUT2D eigenvalue weighted by molar-refractivity contribution is 7.17. The topological polar surface area (TPSA) is 52.0 Å². The summed E-state index contributed by atoms with van der Waals surface area (Å²) in [6.45, 7) is 12.1. The van der Waals surface area contributed by atoms with Gasteiger partial charge in [0.2, 0.25) is 0 Å². The van der Waals surface area contributed by atoms with Gasteiger partial charge in [-0.05, 0) is 56.0 Å². The van der Waals surface area contributed by atoms with E-state index in [2.05, 4.69) is 32.0 Å². The number of fused-ring (bicyclic) bond motifs is 1. The molecule has 2 aromatic carbocycles. The van der Waals surface area contributed by atoms with Crippen LogP contribution < -0.4 is 5.56 Å². The first kappa shape index (κ1) is 22.2. The molecule has 5 heteroatoms. The molecule has 0 aliphatic carbocycles. The third-order valence-electron chi connectivity index (χ3n) is 6.04. The van der Waals surface area contributed by atoms with Gasteiger partial charge in [0.05, 0.1) is 11.9 Å². The first-order chi connectivity index (χ1) is 15.2. The van der Waals surface area contributed by atoms with E-state index < -0.39 is 0 Å². The Labute approximate surface area is 192 Å². The molecule has 0 radical (unpaired) electrons. The monoisotopic (exact) mass is 444 g/mol. The van der Waals surface area contributed by atoms with Crippen molar-refractivity contribution in [3.8, 4) is 11.1 Å². The Balaban J connectivity index is 1.88. The highest BCUT2D eigenvalue weighted by Crippen LogP contribution is 2.34. The van der Waals surface area contributed by atoms with E-state index in [1.807, 2.05) is 51.3 Å². The van der Waals surface area contributed by atoms with E-state index in [4.69, 9.17) is 4.98 Å². The van der Waals surface area contributed by atoms with Gasteiger partial charge in [-0.2, -0.15) is 0 Å². The summed E-state index contributed by atoms with van der Waals surface area (Å²) >= 11 is 1.49. The fraction of sp³-hybridized carbons (Fsp3) is 0.296. The van der Waals surface area contributed by atoms with Crippen molar-refractivity contribution in [3.63, 3.8) is 0 Å². The van der Waals surface area contributed by atoms with E-state index in [1.165, 1.54) is 16.9 Å². The Morgan fingerprint density at radius 3 is 2.38 bits per heavy atom. The molecule has 2 aromatic heterocycles. The third kappa shape index (κ3) is 3.93. The van der Waals surface area contributed by atoms with Gasteiger partial charge in [-0.3, -0.25) is 14.2 Å². The minimum Gasteiger partial charge on any atom is -0.292 e. The molecular formula is C27H28N2O2S. The molecule has 0 atom stereocenters. The Kier molecular flexibility index (Phi) is 5.87. The molecule has 4 aromatic rings. The molecule has 0 unspecified atom stereocenters. The van der Waals surface area contributed by atoms with E-state index in [0.29, 0.717) is 16.8 Å². The summed E-state index contributed by atoms with van der Waals surface area (Å²) in [4.78, 5) is 32.5. The van der Waals surface area contributed by atoms with E-state index in [9.17, 15) is 9.59 Å². The van der Waals surface area contributed by atoms with Crippen molar-refractivity contribution in [1.29, 1.82) is 0 Å². The number of hydrogen-bond acceptors (Lipinski definition) is 4. The van der Waals surface area contributed by atoms with Crippen molar-refractivity contribution in [2.75, 3.05) is 0 Å². The van der Waals surface area contributed by atoms with Crippen molar-refractivity contribution < 1.29 is 4.79 Å². The number of rotatable bonds is 5. The second-order valence-electron chi connectivity index (χ2n) is 8.89. The van der Waals surface area contributed by atoms with Crippen LogP contribution in [0.25, 0.3) is 21.3 Å². The molecule has 0 aliphatic heterocycles. The smallest absolute Gasteiger partial charge is 0.263 e. The first-order valence-electron chi connectivity index (χ1n) is 10.9. The highest BCUT2D eigenvalue weighted by atomic mass is 32.1. The molecule has 0 saturated heterocycles. The summed E-state index contributed by atoms with van der Waals surface area (Å²) in [7, 11) is 0. The lowest BCUT2D eigenvalue weighted by Gasteiger charge is -2.15. The van der Waals surface area contributed by atoms with Crippen LogP contribution in [-0.2, 0) is 6.54 Å². The zero-order valence-corrected chi connectivity index (χ0v) is 20.3. The molecule has 0 saturated carbocycles. The standard InChI is InChI=1S/C27H28N2O2S/c1-15(2)25-28-26-24(22(14-32-26)21-10-7-16(3)11-19(21)6)27(31)29(25)13-23(30)20-9-8-17(4)18(5)12-20/h7-12,14-15H,13H2,1-6H3. The summed E-state index contributed by atoms with van der Waals surface area (Å²) in [6, 6.07) is 11.9. The lowest BCUT2D eigenvalue weighted by Crippen LogP contribution is -2.29. The summed E-state index contributed by atoms with van der Waals surface area (Å²) < 4.78 is 1.57. The van der Waals surface area contributed by atoms with Crippen molar-refractivity contribution in [2.24, 2.45) is 0 Å². The normalized spacial score (nSPS) is 11.5. The Morgan fingerprint density at radius 1 is 0.969 bits per heavy atom. The Morgan fingerprint density at radius 2 is 1.72 bits per heavy atom. The van der Waals surface area contributed by atoms with Gasteiger partial charge < -0.3 is 0 Å². The Hall–Kier alpha value is -3.05. The van der Waals surface area contributed by atoms with Crippen LogP contribution in [0.4, 0.5) is 0 Å². The number of nitrogens with zero attached hydrogens (tertiary/aromatic N) is 2. The molecule has 164 valence electrons. The van der Waals surface area contributed by atoms with Gasteiger partial charge in [-0.1, -0.05) is 49.7 Å². The van der Waals surface area contributed by atoms with E-state index in [-0.39, 0.29) is 23.8 Å². The molecule has 4 nitrogen and oxygen atoms in total. The second-order valence-corrected chi connectivity index (χ2v) is 9.74. The van der Waals surface area contributed by atoms with E-state index in [0.717, 1.165) is 32.6 Å². The fourth-order valence-corrected chi connectivity index (χ4v) is 5.03. The second kappa shape index (κ2) is 8.47. The maximum absolute atomic E-state index is 13.8. The number of ketones is 1. The van der Waals surface area contributed by atoms with Gasteiger partial charge in [-0.15, -0.1) is 11.3 Å². The van der Waals surface area contributed by atoms with Crippen LogP contribution >= 0.6 is 11.3 Å². The van der Waals surface area contributed by atoms with Crippen LogP contribution in [0, 0.1) is 27.7 Å². The average molecular weight is 445 g/mol.